The highest BCUT2D eigenvalue weighted by Gasteiger charge is 2.26. The number of fused-ring (bicyclic) bond motifs is 1. The number of amides is 1. The van der Waals surface area contributed by atoms with Crippen LogP contribution in [0.15, 0.2) is 55.0 Å². The molecule has 0 aliphatic heterocycles. The number of nitrogens with zero attached hydrogens (tertiary/aromatic N) is 3. The lowest BCUT2D eigenvalue weighted by atomic mass is 10.1. The molecule has 4 rings (SSSR count). The topological polar surface area (TPSA) is 106 Å². The SMILES string of the molecule is COc1cc(NC(=O)C(=O)c2c(C)n(Cc3ccncc3)c3cc(Cl)c(O)cc23)ccn1. The Hall–Kier alpha value is -3.91. The maximum atomic E-state index is 13.2. The number of aromatic nitrogens is 3. The van der Waals surface area contributed by atoms with Gasteiger partial charge in [-0.3, -0.25) is 14.6 Å². The number of carbonyl (C=O) groups excluding carboxylic acids is 2. The Bertz CT molecular complexity index is 1340. The fourth-order valence-electron chi connectivity index (χ4n) is 3.55. The van der Waals surface area contributed by atoms with Crippen molar-refractivity contribution < 1.29 is 19.4 Å². The first-order valence-electron chi connectivity index (χ1n) is 9.65. The van der Waals surface area contributed by atoms with Crippen molar-refractivity contribution in [3.63, 3.8) is 0 Å². The van der Waals surface area contributed by atoms with Crippen LogP contribution in [0.2, 0.25) is 5.02 Å². The summed E-state index contributed by atoms with van der Waals surface area (Å²) in [7, 11) is 1.46. The number of hydrogen-bond donors (Lipinski definition) is 2. The van der Waals surface area contributed by atoms with Crippen LogP contribution in [-0.4, -0.2) is 38.4 Å². The third-order valence-electron chi connectivity index (χ3n) is 5.12. The van der Waals surface area contributed by atoms with E-state index in [2.05, 4.69) is 15.3 Å². The van der Waals surface area contributed by atoms with Crippen molar-refractivity contribution in [3.05, 3.63) is 76.8 Å². The molecule has 0 atom stereocenters. The third kappa shape index (κ3) is 4.00. The molecule has 0 aliphatic carbocycles. The van der Waals surface area contributed by atoms with Crippen LogP contribution in [0.4, 0.5) is 5.69 Å². The number of anilines is 1. The summed E-state index contributed by atoms with van der Waals surface area (Å²) in [6.45, 7) is 2.19. The van der Waals surface area contributed by atoms with Gasteiger partial charge in [0.25, 0.3) is 11.7 Å². The van der Waals surface area contributed by atoms with Gasteiger partial charge in [-0.2, -0.15) is 0 Å². The van der Waals surface area contributed by atoms with Crippen LogP contribution in [0.3, 0.4) is 0 Å². The maximum Gasteiger partial charge on any atom is 0.296 e. The monoisotopic (exact) mass is 450 g/mol. The standard InChI is InChI=1S/C23H19ClN4O4/c1-13-21(22(30)23(31)27-15-5-8-26-20(9-15)32-2)16-10-19(29)17(24)11-18(16)28(13)12-14-3-6-25-7-4-14/h3-11,29H,12H2,1-2H3,(H,26,27,31). The number of Topliss-reactive ketones (excluding diaryl/α,β-unsaturated/α-hetero) is 1. The molecule has 4 aromatic rings. The number of nitrogens with one attached hydrogen (secondary N) is 1. The first-order valence-corrected chi connectivity index (χ1v) is 10.0. The molecular formula is C23H19ClN4O4. The van der Waals surface area contributed by atoms with Gasteiger partial charge < -0.3 is 19.7 Å². The van der Waals surface area contributed by atoms with Crippen molar-refractivity contribution in [1.29, 1.82) is 0 Å². The molecule has 9 heteroatoms. The minimum atomic E-state index is -0.821. The maximum absolute atomic E-state index is 13.2. The van der Waals surface area contributed by atoms with Crippen LogP contribution < -0.4 is 10.1 Å². The van der Waals surface area contributed by atoms with Crippen molar-refractivity contribution in [1.82, 2.24) is 14.5 Å². The summed E-state index contributed by atoms with van der Waals surface area (Å²) in [5.41, 5.74) is 2.73. The number of carbonyl (C=O) groups is 2. The Labute approximate surface area is 188 Å². The van der Waals surface area contributed by atoms with Crippen LogP contribution in [0, 0.1) is 6.92 Å². The molecule has 0 spiro atoms. The van der Waals surface area contributed by atoms with Gasteiger partial charge in [0.05, 0.1) is 23.2 Å². The van der Waals surface area contributed by atoms with Gasteiger partial charge in [0.15, 0.2) is 0 Å². The number of pyridine rings is 2. The number of halogens is 1. The first kappa shape index (κ1) is 21.3. The van der Waals surface area contributed by atoms with E-state index in [1.807, 2.05) is 16.7 Å². The highest BCUT2D eigenvalue weighted by atomic mass is 35.5. The average Bonchev–Trinajstić information content (AvgIpc) is 3.04. The van der Waals surface area contributed by atoms with E-state index in [0.29, 0.717) is 34.7 Å². The second-order valence-electron chi connectivity index (χ2n) is 7.09. The number of benzene rings is 1. The summed E-state index contributed by atoms with van der Waals surface area (Å²) < 4.78 is 6.93. The second-order valence-corrected chi connectivity index (χ2v) is 7.50. The molecule has 32 heavy (non-hydrogen) atoms. The van der Waals surface area contributed by atoms with Crippen LogP contribution in [0.1, 0.15) is 21.6 Å². The van der Waals surface area contributed by atoms with Crippen LogP contribution in [0.25, 0.3) is 10.9 Å². The number of phenols is 1. The van der Waals surface area contributed by atoms with E-state index in [1.165, 1.54) is 25.4 Å². The summed E-state index contributed by atoms with van der Waals surface area (Å²) in [5.74, 6) is -1.43. The van der Waals surface area contributed by atoms with E-state index in [-0.39, 0.29) is 16.3 Å². The average molecular weight is 451 g/mol. The smallest absolute Gasteiger partial charge is 0.296 e. The highest BCUT2D eigenvalue weighted by Crippen LogP contribution is 2.35. The van der Waals surface area contributed by atoms with Crippen LogP contribution in [0.5, 0.6) is 11.6 Å². The fraction of sp³-hybridized carbons (Fsp3) is 0.130. The predicted octanol–water partition coefficient (Wildman–Crippen LogP) is 3.98. The number of aromatic hydroxyl groups is 1. The van der Waals surface area contributed by atoms with Crippen molar-refractivity contribution in [3.8, 4) is 11.6 Å². The number of hydrogen-bond acceptors (Lipinski definition) is 6. The number of methoxy groups -OCH3 is 1. The largest absolute Gasteiger partial charge is 0.506 e. The number of rotatable bonds is 6. The van der Waals surface area contributed by atoms with E-state index in [0.717, 1.165) is 5.56 Å². The third-order valence-corrected chi connectivity index (χ3v) is 5.42. The zero-order chi connectivity index (χ0) is 22.8. The molecule has 3 heterocycles. The molecule has 0 fully saturated rings. The molecular weight excluding hydrogens is 432 g/mol. The van der Waals surface area contributed by atoms with Gasteiger partial charge >= 0.3 is 0 Å². The molecule has 0 saturated heterocycles. The van der Waals surface area contributed by atoms with Crippen LogP contribution >= 0.6 is 11.6 Å². The number of ketones is 1. The molecule has 162 valence electrons. The molecule has 0 aliphatic rings. The zero-order valence-electron chi connectivity index (χ0n) is 17.3. The molecule has 1 amide bonds. The Morgan fingerprint density at radius 1 is 1.16 bits per heavy atom. The van der Waals surface area contributed by atoms with Gasteiger partial charge in [0.1, 0.15) is 5.75 Å². The summed E-state index contributed by atoms with van der Waals surface area (Å²) in [5, 5.41) is 13.3. The van der Waals surface area contributed by atoms with Crippen molar-refractivity contribution in [2.75, 3.05) is 12.4 Å². The molecule has 0 bridgehead atoms. The molecule has 0 saturated carbocycles. The highest BCUT2D eigenvalue weighted by molar-refractivity contribution is 6.49. The van der Waals surface area contributed by atoms with Gasteiger partial charge in [0, 0.05) is 48.0 Å². The van der Waals surface area contributed by atoms with E-state index in [1.54, 1.807) is 31.5 Å². The molecule has 3 aromatic heterocycles. The molecule has 8 nitrogen and oxygen atoms in total. The summed E-state index contributed by atoms with van der Waals surface area (Å²) >= 11 is 6.15. The summed E-state index contributed by atoms with van der Waals surface area (Å²) in [6, 6.07) is 9.78. The van der Waals surface area contributed by atoms with E-state index < -0.39 is 11.7 Å². The Morgan fingerprint density at radius 3 is 2.62 bits per heavy atom. The molecule has 2 N–H and O–H groups in total. The van der Waals surface area contributed by atoms with Gasteiger partial charge in [0.2, 0.25) is 5.88 Å². The molecule has 0 radical (unpaired) electrons. The lowest BCUT2D eigenvalue weighted by molar-refractivity contribution is -0.112. The van der Waals surface area contributed by atoms with E-state index in [4.69, 9.17) is 16.3 Å². The van der Waals surface area contributed by atoms with Gasteiger partial charge in [-0.1, -0.05) is 11.6 Å². The number of ether oxygens (including phenoxy) is 1. The Kier molecular flexibility index (Phi) is 5.79. The number of phenolic OH excluding ortho intramolecular Hbond substituents is 1. The Balaban J connectivity index is 1.77. The van der Waals surface area contributed by atoms with E-state index in [9.17, 15) is 14.7 Å². The predicted molar refractivity (Wildman–Crippen MR) is 120 cm³/mol. The van der Waals surface area contributed by atoms with Gasteiger partial charge in [-0.25, -0.2) is 4.98 Å². The fourth-order valence-corrected chi connectivity index (χ4v) is 3.70. The first-order chi connectivity index (χ1) is 15.4. The van der Waals surface area contributed by atoms with Crippen LogP contribution in [-0.2, 0) is 11.3 Å². The van der Waals surface area contributed by atoms with Crippen molar-refractivity contribution in [2.45, 2.75) is 13.5 Å². The van der Waals surface area contributed by atoms with E-state index >= 15 is 0 Å². The summed E-state index contributed by atoms with van der Waals surface area (Å²) in [4.78, 5) is 34.0. The van der Waals surface area contributed by atoms with Crippen molar-refractivity contribution in [2.24, 2.45) is 0 Å². The summed E-state index contributed by atoms with van der Waals surface area (Å²) in [6.07, 6.45) is 4.82. The van der Waals surface area contributed by atoms with Gasteiger partial charge in [-0.05, 0) is 42.8 Å². The lowest BCUT2D eigenvalue weighted by Crippen LogP contribution is -2.23. The molecule has 0 unspecified atom stereocenters. The molecule has 1 aromatic carbocycles. The van der Waals surface area contributed by atoms with Gasteiger partial charge in [-0.15, -0.1) is 0 Å². The second kappa shape index (κ2) is 8.68. The van der Waals surface area contributed by atoms with Crippen molar-refractivity contribution >= 4 is 39.9 Å². The Morgan fingerprint density at radius 2 is 1.91 bits per heavy atom. The minimum absolute atomic E-state index is 0.151. The minimum Gasteiger partial charge on any atom is -0.506 e. The quantitative estimate of drug-likeness (QED) is 0.340. The lowest BCUT2D eigenvalue weighted by Gasteiger charge is -2.09. The zero-order valence-corrected chi connectivity index (χ0v) is 18.1. The normalized spacial score (nSPS) is 10.8.